The zero-order valence-corrected chi connectivity index (χ0v) is 14.4. The van der Waals surface area contributed by atoms with Crippen molar-refractivity contribution in [3.05, 3.63) is 57.6 Å². The Balaban J connectivity index is 1.89. The molecule has 1 atom stereocenters. The molecule has 3 rings (SSSR count). The fraction of sp³-hybridized carbons (Fsp3) is 0.176. The van der Waals surface area contributed by atoms with Crippen LogP contribution in [0.15, 0.2) is 41.3 Å². The summed E-state index contributed by atoms with van der Waals surface area (Å²) in [6, 6.07) is 8.07. The van der Waals surface area contributed by atoms with Gasteiger partial charge in [0.15, 0.2) is 0 Å². The van der Waals surface area contributed by atoms with Gasteiger partial charge in [0.2, 0.25) is 5.91 Å². The number of carbonyl (C=O) groups is 1. The topological polar surface area (TPSA) is 99.8 Å². The maximum atomic E-state index is 12.3. The van der Waals surface area contributed by atoms with Crippen molar-refractivity contribution in [3.8, 4) is 0 Å². The van der Waals surface area contributed by atoms with Crippen molar-refractivity contribution >= 4 is 40.0 Å². The minimum atomic E-state index is -0.396. The van der Waals surface area contributed by atoms with Crippen LogP contribution in [-0.4, -0.2) is 20.9 Å². The van der Waals surface area contributed by atoms with E-state index in [1.54, 1.807) is 43.5 Å². The third kappa shape index (κ3) is 3.95. The minimum Gasteiger partial charge on any atom is -0.362 e. The highest BCUT2D eigenvalue weighted by Crippen LogP contribution is 2.19. The van der Waals surface area contributed by atoms with Crippen LogP contribution in [0.5, 0.6) is 0 Å². The quantitative estimate of drug-likeness (QED) is 0.666. The van der Waals surface area contributed by atoms with Crippen LogP contribution in [0.25, 0.3) is 11.0 Å². The molecular formula is C17H16ClN5O2. The standard InChI is InChI=1S/C17H16ClN5O2/c1-9(20-15-8-12(5-6-19-15)21-10(2)24)16-17(25)23-13-4-3-11(18)7-14(13)22-16/h3-9H,1-2H3,(H,23,25)(H2,19,20,21,24)/t9-/m0/s1. The summed E-state index contributed by atoms with van der Waals surface area (Å²) in [6.45, 7) is 3.24. The molecule has 0 spiro atoms. The zero-order valence-electron chi connectivity index (χ0n) is 13.6. The SMILES string of the molecule is CC(=O)Nc1ccnc(N[C@@H](C)c2nc3cc(Cl)ccc3[nH]c2=O)c1. The van der Waals surface area contributed by atoms with Crippen LogP contribution >= 0.6 is 11.6 Å². The highest BCUT2D eigenvalue weighted by molar-refractivity contribution is 6.31. The van der Waals surface area contributed by atoms with Crippen molar-refractivity contribution in [1.82, 2.24) is 15.0 Å². The van der Waals surface area contributed by atoms with Gasteiger partial charge in [-0.25, -0.2) is 9.97 Å². The molecule has 0 saturated heterocycles. The number of aromatic nitrogens is 3. The molecule has 0 aliphatic rings. The summed E-state index contributed by atoms with van der Waals surface area (Å²) < 4.78 is 0. The van der Waals surface area contributed by atoms with E-state index in [4.69, 9.17) is 11.6 Å². The molecule has 2 aromatic heterocycles. The Hall–Kier alpha value is -2.93. The Morgan fingerprint density at radius 1 is 1.28 bits per heavy atom. The molecule has 8 heteroatoms. The monoisotopic (exact) mass is 357 g/mol. The summed E-state index contributed by atoms with van der Waals surface area (Å²) in [6.07, 6.45) is 1.57. The average molecular weight is 358 g/mol. The van der Waals surface area contributed by atoms with Crippen molar-refractivity contribution in [2.24, 2.45) is 0 Å². The first-order chi connectivity index (χ1) is 11.9. The summed E-state index contributed by atoms with van der Waals surface area (Å²) in [5, 5.41) is 6.34. The molecule has 2 heterocycles. The summed E-state index contributed by atoms with van der Waals surface area (Å²) in [4.78, 5) is 34.8. The molecule has 0 fully saturated rings. The van der Waals surface area contributed by atoms with Crippen molar-refractivity contribution in [3.63, 3.8) is 0 Å². The van der Waals surface area contributed by atoms with Gasteiger partial charge in [-0.1, -0.05) is 11.6 Å². The number of rotatable bonds is 4. The normalized spacial score (nSPS) is 12.0. The first-order valence-electron chi connectivity index (χ1n) is 7.62. The van der Waals surface area contributed by atoms with E-state index < -0.39 is 6.04 Å². The predicted octanol–water partition coefficient (Wildman–Crippen LogP) is 3.10. The van der Waals surface area contributed by atoms with Crippen molar-refractivity contribution in [2.45, 2.75) is 19.9 Å². The van der Waals surface area contributed by atoms with Gasteiger partial charge in [-0.3, -0.25) is 9.59 Å². The van der Waals surface area contributed by atoms with E-state index in [0.717, 1.165) is 0 Å². The van der Waals surface area contributed by atoms with Crippen LogP contribution in [0.2, 0.25) is 5.02 Å². The van der Waals surface area contributed by atoms with Crippen molar-refractivity contribution in [1.29, 1.82) is 0 Å². The van der Waals surface area contributed by atoms with Crippen LogP contribution in [0.4, 0.5) is 11.5 Å². The van der Waals surface area contributed by atoms with Crippen LogP contribution in [0.3, 0.4) is 0 Å². The Bertz CT molecular complexity index is 1000. The second-order valence-electron chi connectivity index (χ2n) is 5.59. The third-order valence-electron chi connectivity index (χ3n) is 3.54. The third-order valence-corrected chi connectivity index (χ3v) is 3.77. The molecule has 3 aromatic rings. The maximum Gasteiger partial charge on any atom is 0.272 e. The number of nitrogens with one attached hydrogen (secondary N) is 3. The number of hydrogen-bond acceptors (Lipinski definition) is 5. The molecule has 128 valence electrons. The number of H-pyrrole nitrogens is 1. The summed E-state index contributed by atoms with van der Waals surface area (Å²) in [5.41, 5.74) is 1.88. The Kier molecular flexibility index (Phi) is 4.67. The summed E-state index contributed by atoms with van der Waals surface area (Å²) in [5.74, 6) is 0.348. The number of anilines is 2. The van der Waals surface area contributed by atoms with Gasteiger partial charge in [-0.2, -0.15) is 0 Å². The lowest BCUT2D eigenvalue weighted by atomic mass is 10.2. The van der Waals surface area contributed by atoms with Gasteiger partial charge in [0.05, 0.1) is 17.1 Å². The first kappa shape index (κ1) is 16.9. The van der Waals surface area contributed by atoms with Gasteiger partial charge in [0.25, 0.3) is 5.56 Å². The predicted molar refractivity (Wildman–Crippen MR) is 98.0 cm³/mol. The molecule has 0 saturated carbocycles. The molecule has 0 bridgehead atoms. The van der Waals surface area contributed by atoms with Gasteiger partial charge in [-0.05, 0) is 31.2 Å². The second-order valence-corrected chi connectivity index (χ2v) is 6.03. The molecule has 7 nitrogen and oxygen atoms in total. The summed E-state index contributed by atoms with van der Waals surface area (Å²) in [7, 11) is 0. The number of hydrogen-bond donors (Lipinski definition) is 3. The molecular weight excluding hydrogens is 342 g/mol. The van der Waals surface area contributed by atoms with Crippen LogP contribution < -0.4 is 16.2 Å². The van der Waals surface area contributed by atoms with Gasteiger partial charge < -0.3 is 15.6 Å². The van der Waals surface area contributed by atoms with E-state index in [2.05, 4.69) is 25.6 Å². The maximum absolute atomic E-state index is 12.3. The number of pyridine rings is 1. The number of nitrogens with zero attached hydrogens (tertiary/aromatic N) is 2. The van der Waals surface area contributed by atoms with Crippen molar-refractivity contribution in [2.75, 3.05) is 10.6 Å². The fourth-order valence-electron chi connectivity index (χ4n) is 2.44. The minimum absolute atomic E-state index is 0.172. The van der Waals surface area contributed by atoms with E-state index in [9.17, 15) is 9.59 Å². The van der Waals surface area contributed by atoms with E-state index in [-0.39, 0.29) is 11.5 Å². The number of aromatic amines is 1. The number of halogens is 1. The van der Waals surface area contributed by atoms with Gasteiger partial charge in [0.1, 0.15) is 11.5 Å². The second kappa shape index (κ2) is 6.90. The lowest BCUT2D eigenvalue weighted by Gasteiger charge is -2.14. The highest BCUT2D eigenvalue weighted by Gasteiger charge is 2.14. The van der Waals surface area contributed by atoms with E-state index in [0.29, 0.717) is 33.3 Å². The fourth-order valence-corrected chi connectivity index (χ4v) is 2.61. The highest BCUT2D eigenvalue weighted by atomic mass is 35.5. The van der Waals surface area contributed by atoms with E-state index in [1.165, 1.54) is 6.92 Å². The van der Waals surface area contributed by atoms with Crippen LogP contribution in [0.1, 0.15) is 25.6 Å². The number of carbonyl (C=O) groups excluding carboxylic acids is 1. The zero-order chi connectivity index (χ0) is 18.0. The average Bonchev–Trinajstić information content (AvgIpc) is 2.54. The Labute approximate surface area is 148 Å². The number of benzene rings is 1. The molecule has 0 unspecified atom stereocenters. The first-order valence-corrected chi connectivity index (χ1v) is 8.00. The van der Waals surface area contributed by atoms with E-state index in [1.807, 2.05) is 0 Å². The number of fused-ring (bicyclic) bond motifs is 1. The molecule has 3 N–H and O–H groups in total. The van der Waals surface area contributed by atoms with Crippen LogP contribution in [-0.2, 0) is 4.79 Å². The Morgan fingerprint density at radius 2 is 2.08 bits per heavy atom. The molecule has 1 amide bonds. The van der Waals surface area contributed by atoms with Gasteiger partial charge >= 0.3 is 0 Å². The molecule has 25 heavy (non-hydrogen) atoms. The Morgan fingerprint density at radius 3 is 2.84 bits per heavy atom. The molecule has 0 radical (unpaired) electrons. The van der Waals surface area contributed by atoms with Gasteiger partial charge in [-0.15, -0.1) is 0 Å². The van der Waals surface area contributed by atoms with Gasteiger partial charge in [0, 0.05) is 29.9 Å². The number of amides is 1. The lowest BCUT2D eigenvalue weighted by molar-refractivity contribution is -0.114. The van der Waals surface area contributed by atoms with E-state index >= 15 is 0 Å². The van der Waals surface area contributed by atoms with Crippen LogP contribution in [0, 0.1) is 0 Å². The van der Waals surface area contributed by atoms with Crippen molar-refractivity contribution < 1.29 is 4.79 Å². The largest absolute Gasteiger partial charge is 0.362 e. The molecule has 0 aliphatic carbocycles. The smallest absolute Gasteiger partial charge is 0.272 e. The molecule has 0 aliphatic heterocycles. The summed E-state index contributed by atoms with van der Waals surface area (Å²) >= 11 is 5.99. The molecule has 1 aromatic carbocycles. The lowest BCUT2D eigenvalue weighted by Crippen LogP contribution is -2.22.